The molecular weight excluding hydrogens is 350 g/mol. The molecule has 0 aromatic heterocycles. The van der Waals surface area contributed by atoms with E-state index < -0.39 is 6.10 Å². The van der Waals surface area contributed by atoms with E-state index in [2.05, 4.69) is 39.4 Å². The van der Waals surface area contributed by atoms with Gasteiger partial charge in [-0.25, -0.2) is 0 Å². The number of hydrogen-bond donors (Lipinski definition) is 2. The normalized spacial score (nSPS) is 19.4. The highest BCUT2D eigenvalue weighted by atomic mass is 16.3. The van der Waals surface area contributed by atoms with Crippen LogP contribution in [-0.2, 0) is 11.3 Å². The van der Waals surface area contributed by atoms with Gasteiger partial charge in [-0.3, -0.25) is 14.6 Å². The number of hydrogen-bond acceptors (Lipinski definition) is 4. The van der Waals surface area contributed by atoms with Gasteiger partial charge in [-0.1, -0.05) is 48.5 Å². The van der Waals surface area contributed by atoms with E-state index >= 15 is 0 Å². The molecule has 0 radical (unpaired) electrons. The number of amides is 1. The molecule has 2 aromatic rings. The van der Waals surface area contributed by atoms with Gasteiger partial charge in [0.25, 0.3) is 0 Å². The summed E-state index contributed by atoms with van der Waals surface area (Å²) in [6.07, 6.45) is -0.494. The third-order valence-electron chi connectivity index (χ3n) is 5.52. The van der Waals surface area contributed by atoms with Crippen molar-refractivity contribution in [3.63, 3.8) is 0 Å². The molecule has 2 N–H and O–H groups in total. The van der Waals surface area contributed by atoms with Crippen molar-refractivity contribution >= 4 is 11.6 Å². The van der Waals surface area contributed by atoms with E-state index in [1.54, 1.807) is 0 Å². The number of para-hydroxylation sites is 1. The molecule has 2 atom stereocenters. The van der Waals surface area contributed by atoms with Gasteiger partial charge >= 0.3 is 0 Å². The predicted molar refractivity (Wildman–Crippen MR) is 113 cm³/mol. The number of aryl methyl sites for hydroxylation is 2. The van der Waals surface area contributed by atoms with Crippen LogP contribution in [0.1, 0.15) is 23.6 Å². The molecule has 1 aliphatic rings. The van der Waals surface area contributed by atoms with Gasteiger partial charge in [0.05, 0.1) is 12.6 Å². The second kappa shape index (κ2) is 9.32. The Bertz CT molecular complexity index is 771. The van der Waals surface area contributed by atoms with Gasteiger partial charge in [0, 0.05) is 37.9 Å². The molecule has 0 aliphatic carbocycles. The van der Waals surface area contributed by atoms with Crippen LogP contribution in [0, 0.1) is 13.8 Å². The van der Waals surface area contributed by atoms with Crippen LogP contribution in [-0.4, -0.2) is 59.1 Å². The fraction of sp³-hybridized carbons (Fsp3) is 0.435. The summed E-state index contributed by atoms with van der Waals surface area (Å²) in [5, 5.41) is 13.4. The molecule has 1 saturated heterocycles. The van der Waals surface area contributed by atoms with Crippen LogP contribution in [0.15, 0.2) is 48.5 Å². The SMILES string of the molecule is Cc1cccc(C)c1NC(=O)CN1CCN(Cc2ccccc2)CC1C(C)O. The van der Waals surface area contributed by atoms with Gasteiger partial charge in [-0.2, -0.15) is 0 Å². The molecular formula is C23H31N3O2. The lowest BCUT2D eigenvalue weighted by atomic mass is 10.1. The van der Waals surface area contributed by atoms with E-state index in [1.165, 1.54) is 5.56 Å². The Morgan fingerprint density at radius 2 is 1.79 bits per heavy atom. The number of nitrogens with one attached hydrogen (secondary N) is 1. The molecule has 150 valence electrons. The minimum atomic E-state index is -0.494. The molecule has 1 amide bonds. The number of aliphatic hydroxyl groups excluding tert-OH is 1. The Labute approximate surface area is 168 Å². The average Bonchev–Trinajstić information content (AvgIpc) is 2.67. The fourth-order valence-corrected chi connectivity index (χ4v) is 3.92. The highest BCUT2D eigenvalue weighted by Crippen LogP contribution is 2.20. The lowest BCUT2D eigenvalue weighted by Crippen LogP contribution is -2.58. The Hall–Kier alpha value is -2.21. The maximum atomic E-state index is 12.7. The van der Waals surface area contributed by atoms with Crippen LogP contribution in [0.25, 0.3) is 0 Å². The average molecular weight is 382 g/mol. The second-order valence-corrected chi connectivity index (χ2v) is 7.81. The minimum Gasteiger partial charge on any atom is -0.392 e. The smallest absolute Gasteiger partial charge is 0.238 e. The first kappa shape index (κ1) is 20.5. The standard InChI is InChI=1S/C23H31N3O2/c1-17-8-7-9-18(2)23(17)24-22(28)16-26-13-12-25(15-21(26)19(3)27)14-20-10-5-4-6-11-20/h4-11,19,21,27H,12-16H2,1-3H3,(H,24,28). The summed E-state index contributed by atoms with van der Waals surface area (Å²) in [7, 11) is 0. The van der Waals surface area contributed by atoms with Gasteiger partial charge in [-0.15, -0.1) is 0 Å². The van der Waals surface area contributed by atoms with E-state index in [-0.39, 0.29) is 11.9 Å². The van der Waals surface area contributed by atoms with Crippen LogP contribution < -0.4 is 5.32 Å². The highest BCUT2D eigenvalue weighted by Gasteiger charge is 2.31. The first-order valence-corrected chi connectivity index (χ1v) is 9.98. The number of rotatable bonds is 6. The Morgan fingerprint density at radius 3 is 2.43 bits per heavy atom. The number of aliphatic hydroxyl groups is 1. The molecule has 2 unspecified atom stereocenters. The molecule has 5 nitrogen and oxygen atoms in total. The van der Waals surface area contributed by atoms with Crippen molar-refractivity contribution in [2.75, 3.05) is 31.5 Å². The van der Waals surface area contributed by atoms with Crippen molar-refractivity contribution in [3.8, 4) is 0 Å². The van der Waals surface area contributed by atoms with Crippen LogP contribution in [0.4, 0.5) is 5.69 Å². The Morgan fingerprint density at radius 1 is 1.11 bits per heavy atom. The highest BCUT2D eigenvalue weighted by molar-refractivity contribution is 5.93. The lowest BCUT2D eigenvalue weighted by molar-refractivity contribution is -0.119. The molecule has 0 bridgehead atoms. The number of benzene rings is 2. The van der Waals surface area contributed by atoms with Crippen LogP contribution in [0.2, 0.25) is 0 Å². The molecule has 5 heteroatoms. The summed E-state index contributed by atoms with van der Waals surface area (Å²) in [5.74, 6) is -0.0282. The van der Waals surface area contributed by atoms with Crippen molar-refractivity contribution in [2.45, 2.75) is 39.5 Å². The summed E-state index contributed by atoms with van der Waals surface area (Å²) in [6.45, 7) is 9.38. The van der Waals surface area contributed by atoms with Gasteiger partial charge in [0.1, 0.15) is 0 Å². The van der Waals surface area contributed by atoms with Gasteiger partial charge in [0.15, 0.2) is 0 Å². The lowest BCUT2D eigenvalue weighted by Gasteiger charge is -2.42. The van der Waals surface area contributed by atoms with E-state index in [0.29, 0.717) is 6.54 Å². The molecule has 0 spiro atoms. The molecule has 1 aliphatic heterocycles. The molecule has 2 aromatic carbocycles. The van der Waals surface area contributed by atoms with E-state index in [9.17, 15) is 9.90 Å². The van der Waals surface area contributed by atoms with E-state index in [1.807, 2.05) is 45.0 Å². The van der Waals surface area contributed by atoms with Gasteiger partial charge in [0.2, 0.25) is 5.91 Å². The quantitative estimate of drug-likeness (QED) is 0.808. The van der Waals surface area contributed by atoms with Crippen LogP contribution in [0.3, 0.4) is 0 Å². The predicted octanol–water partition coefficient (Wildman–Crippen LogP) is 2.81. The fourth-order valence-electron chi connectivity index (χ4n) is 3.92. The zero-order valence-electron chi connectivity index (χ0n) is 17.1. The number of anilines is 1. The summed E-state index contributed by atoms with van der Waals surface area (Å²) >= 11 is 0. The zero-order chi connectivity index (χ0) is 20.1. The first-order valence-electron chi connectivity index (χ1n) is 9.98. The van der Waals surface area contributed by atoms with Crippen LogP contribution >= 0.6 is 0 Å². The van der Waals surface area contributed by atoms with Crippen molar-refractivity contribution in [2.24, 2.45) is 0 Å². The second-order valence-electron chi connectivity index (χ2n) is 7.81. The summed E-state index contributed by atoms with van der Waals surface area (Å²) in [4.78, 5) is 17.1. The molecule has 28 heavy (non-hydrogen) atoms. The van der Waals surface area contributed by atoms with E-state index in [0.717, 1.165) is 43.0 Å². The maximum Gasteiger partial charge on any atom is 0.238 e. The Balaban J connectivity index is 1.61. The number of carbonyl (C=O) groups excluding carboxylic acids is 1. The summed E-state index contributed by atoms with van der Waals surface area (Å²) < 4.78 is 0. The molecule has 3 rings (SSSR count). The van der Waals surface area contributed by atoms with Crippen LogP contribution in [0.5, 0.6) is 0 Å². The van der Waals surface area contributed by atoms with Gasteiger partial charge < -0.3 is 10.4 Å². The number of nitrogens with zero attached hydrogens (tertiary/aromatic N) is 2. The summed E-state index contributed by atoms with van der Waals surface area (Å²) in [5.41, 5.74) is 4.29. The van der Waals surface area contributed by atoms with Crippen molar-refractivity contribution in [3.05, 3.63) is 65.2 Å². The molecule has 1 heterocycles. The maximum absolute atomic E-state index is 12.7. The van der Waals surface area contributed by atoms with Crippen molar-refractivity contribution in [1.82, 2.24) is 9.80 Å². The third kappa shape index (κ3) is 5.19. The van der Waals surface area contributed by atoms with E-state index in [4.69, 9.17) is 0 Å². The number of carbonyl (C=O) groups is 1. The minimum absolute atomic E-state index is 0.0282. The first-order chi connectivity index (χ1) is 13.4. The van der Waals surface area contributed by atoms with Gasteiger partial charge in [-0.05, 0) is 37.5 Å². The van der Waals surface area contributed by atoms with Crippen molar-refractivity contribution < 1.29 is 9.90 Å². The molecule has 0 saturated carbocycles. The number of piperazine rings is 1. The molecule has 1 fully saturated rings. The topological polar surface area (TPSA) is 55.8 Å². The van der Waals surface area contributed by atoms with Crippen molar-refractivity contribution in [1.29, 1.82) is 0 Å². The third-order valence-corrected chi connectivity index (χ3v) is 5.52. The largest absolute Gasteiger partial charge is 0.392 e. The Kier molecular flexibility index (Phi) is 6.83. The summed E-state index contributed by atoms with van der Waals surface area (Å²) in [6, 6.07) is 16.3. The monoisotopic (exact) mass is 381 g/mol. The zero-order valence-corrected chi connectivity index (χ0v) is 17.1.